The maximum atomic E-state index is 12.4. The third kappa shape index (κ3) is 2.74. The number of aromatic nitrogens is 5. The summed E-state index contributed by atoms with van der Waals surface area (Å²) in [5.41, 5.74) is 2.42. The van der Waals surface area contributed by atoms with Gasteiger partial charge in [-0.3, -0.25) is 4.79 Å². The van der Waals surface area contributed by atoms with E-state index < -0.39 is 0 Å². The van der Waals surface area contributed by atoms with Crippen LogP contribution in [0.2, 0.25) is 0 Å². The first-order valence-electron chi connectivity index (χ1n) is 7.41. The van der Waals surface area contributed by atoms with Crippen LogP contribution in [0.15, 0.2) is 24.1 Å². The van der Waals surface area contributed by atoms with Crippen LogP contribution in [0.5, 0.6) is 0 Å². The molecule has 1 aliphatic rings. The van der Waals surface area contributed by atoms with E-state index in [1.54, 1.807) is 11.8 Å². The smallest absolute Gasteiger partial charge is 0.231 e. The standard InChI is InChI=1S/C14H15N7OS/c22-13(19-14-20-18-8-23-14)9-2-1-5-21(6-9)12-10-3-4-15-11(10)16-7-17-12/h3-4,7-9H,1-2,5-6H2,(H,15,16,17)(H,19,20,22)/t9-/m0/s1. The van der Waals surface area contributed by atoms with Crippen LogP contribution in [-0.2, 0) is 4.79 Å². The number of amides is 1. The first-order chi connectivity index (χ1) is 11.3. The van der Waals surface area contributed by atoms with Crippen LogP contribution in [0, 0.1) is 5.92 Å². The Morgan fingerprint density at radius 3 is 3.26 bits per heavy atom. The zero-order valence-corrected chi connectivity index (χ0v) is 13.1. The summed E-state index contributed by atoms with van der Waals surface area (Å²) in [5, 5.41) is 12.0. The van der Waals surface area contributed by atoms with Crippen molar-refractivity contribution in [1.29, 1.82) is 0 Å². The predicted octanol–water partition coefficient (Wildman–Crippen LogP) is 1.66. The Balaban J connectivity index is 1.53. The highest BCUT2D eigenvalue weighted by Gasteiger charge is 2.28. The third-order valence-electron chi connectivity index (χ3n) is 4.01. The van der Waals surface area contributed by atoms with Crippen LogP contribution in [0.4, 0.5) is 10.9 Å². The Morgan fingerprint density at radius 2 is 2.39 bits per heavy atom. The lowest BCUT2D eigenvalue weighted by Crippen LogP contribution is -2.41. The van der Waals surface area contributed by atoms with Crippen molar-refractivity contribution in [3.05, 3.63) is 24.1 Å². The van der Waals surface area contributed by atoms with Crippen LogP contribution in [-0.4, -0.2) is 44.1 Å². The van der Waals surface area contributed by atoms with E-state index in [-0.39, 0.29) is 11.8 Å². The Hall–Kier alpha value is -2.55. The van der Waals surface area contributed by atoms with Gasteiger partial charge in [0.2, 0.25) is 11.0 Å². The minimum absolute atomic E-state index is 0.00850. The maximum absolute atomic E-state index is 12.4. The van der Waals surface area contributed by atoms with Crippen LogP contribution in [0.25, 0.3) is 11.0 Å². The van der Waals surface area contributed by atoms with E-state index in [4.69, 9.17) is 0 Å². The fraction of sp³-hybridized carbons (Fsp3) is 0.357. The summed E-state index contributed by atoms with van der Waals surface area (Å²) in [5.74, 6) is 0.784. The molecule has 0 radical (unpaired) electrons. The molecule has 0 aliphatic carbocycles. The predicted molar refractivity (Wildman–Crippen MR) is 87.4 cm³/mol. The summed E-state index contributed by atoms with van der Waals surface area (Å²) in [6.07, 6.45) is 5.22. The van der Waals surface area contributed by atoms with Gasteiger partial charge < -0.3 is 15.2 Å². The fourth-order valence-electron chi connectivity index (χ4n) is 2.93. The van der Waals surface area contributed by atoms with Crippen molar-refractivity contribution >= 4 is 39.2 Å². The number of rotatable bonds is 3. The second-order valence-corrected chi connectivity index (χ2v) is 6.29. The highest BCUT2D eigenvalue weighted by molar-refractivity contribution is 7.13. The number of fused-ring (bicyclic) bond motifs is 1. The summed E-state index contributed by atoms with van der Waals surface area (Å²) >= 11 is 1.32. The summed E-state index contributed by atoms with van der Waals surface area (Å²) in [6.45, 7) is 1.53. The Bertz CT molecular complexity index is 816. The maximum Gasteiger partial charge on any atom is 0.231 e. The molecule has 1 amide bonds. The van der Waals surface area contributed by atoms with Crippen molar-refractivity contribution in [2.45, 2.75) is 12.8 Å². The molecule has 118 valence electrons. The molecule has 0 saturated carbocycles. The van der Waals surface area contributed by atoms with E-state index >= 15 is 0 Å². The van der Waals surface area contributed by atoms with Crippen LogP contribution < -0.4 is 10.2 Å². The zero-order chi connectivity index (χ0) is 15.6. The van der Waals surface area contributed by atoms with Gasteiger partial charge >= 0.3 is 0 Å². The molecule has 1 atom stereocenters. The number of aromatic amines is 1. The van der Waals surface area contributed by atoms with E-state index in [2.05, 4.69) is 35.4 Å². The van der Waals surface area contributed by atoms with E-state index in [1.807, 2.05) is 12.3 Å². The number of hydrogen-bond acceptors (Lipinski definition) is 7. The summed E-state index contributed by atoms with van der Waals surface area (Å²) in [7, 11) is 0. The molecule has 9 heteroatoms. The number of nitrogens with zero attached hydrogens (tertiary/aromatic N) is 5. The van der Waals surface area contributed by atoms with E-state index in [0.717, 1.165) is 36.2 Å². The molecule has 1 fully saturated rings. The molecule has 4 rings (SSSR count). The number of carbonyl (C=O) groups excluding carboxylic acids is 1. The second-order valence-electron chi connectivity index (χ2n) is 5.46. The fourth-order valence-corrected chi connectivity index (χ4v) is 3.38. The second kappa shape index (κ2) is 5.92. The Morgan fingerprint density at radius 1 is 1.43 bits per heavy atom. The lowest BCUT2D eigenvalue weighted by atomic mass is 9.97. The third-order valence-corrected chi connectivity index (χ3v) is 4.62. The van der Waals surface area contributed by atoms with Crippen LogP contribution in [0.1, 0.15) is 12.8 Å². The summed E-state index contributed by atoms with van der Waals surface area (Å²) < 4.78 is 0. The molecule has 0 unspecified atom stereocenters. The molecule has 0 spiro atoms. The molecule has 4 heterocycles. The van der Waals surface area contributed by atoms with Crippen molar-refractivity contribution in [3.8, 4) is 0 Å². The first-order valence-corrected chi connectivity index (χ1v) is 8.29. The Kier molecular flexibility index (Phi) is 3.62. The molecule has 3 aromatic heterocycles. The van der Waals surface area contributed by atoms with Gasteiger partial charge in [0.1, 0.15) is 23.3 Å². The van der Waals surface area contributed by atoms with Gasteiger partial charge in [-0.1, -0.05) is 11.3 Å². The molecular formula is C14H15N7OS. The van der Waals surface area contributed by atoms with Gasteiger partial charge in [-0.2, -0.15) is 0 Å². The van der Waals surface area contributed by atoms with Gasteiger partial charge in [0, 0.05) is 19.3 Å². The van der Waals surface area contributed by atoms with Crippen LogP contribution >= 0.6 is 11.3 Å². The number of hydrogen-bond donors (Lipinski definition) is 2. The summed E-state index contributed by atoms with van der Waals surface area (Å²) in [6, 6.07) is 1.97. The minimum atomic E-state index is -0.0865. The van der Waals surface area contributed by atoms with Crippen LogP contribution in [0.3, 0.4) is 0 Å². The Labute approximate surface area is 136 Å². The molecule has 0 aromatic carbocycles. The number of nitrogens with one attached hydrogen (secondary N) is 2. The quantitative estimate of drug-likeness (QED) is 0.758. The van der Waals surface area contributed by atoms with Gasteiger partial charge in [0.15, 0.2) is 0 Å². The van der Waals surface area contributed by atoms with Crippen molar-refractivity contribution in [2.75, 3.05) is 23.3 Å². The van der Waals surface area contributed by atoms with Crippen molar-refractivity contribution in [1.82, 2.24) is 25.1 Å². The molecule has 23 heavy (non-hydrogen) atoms. The largest absolute Gasteiger partial charge is 0.355 e. The average Bonchev–Trinajstić information content (AvgIpc) is 3.25. The topological polar surface area (TPSA) is 99.7 Å². The number of piperidine rings is 1. The molecule has 1 saturated heterocycles. The van der Waals surface area contributed by atoms with Gasteiger partial charge in [-0.05, 0) is 18.9 Å². The van der Waals surface area contributed by atoms with E-state index in [9.17, 15) is 4.79 Å². The van der Waals surface area contributed by atoms with Crippen molar-refractivity contribution in [3.63, 3.8) is 0 Å². The lowest BCUT2D eigenvalue weighted by Gasteiger charge is -2.32. The normalized spacial score (nSPS) is 18.3. The number of anilines is 2. The minimum Gasteiger partial charge on any atom is -0.355 e. The molecule has 8 nitrogen and oxygen atoms in total. The number of carbonyl (C=O) groups is 1. The zero-order valence-electron chi connectivity index (χ0n) is 12.3. The monoisotopic (exact) mass is 329 g/mol. The van der Waals surface area contributed by atoms with E-state index in [1.165, 1.54) is 11.3 Å². The van der Waals surface area contributed by atoms with Gasteiger partial charge in [0.05, 0.1) is 11.3 Å². The molecule has 3 aromatic rings. The van der Waals surface area contributed by atoms with E-state index in [0.29, 0.717) is 11.7 Å². The summed E-state index contributed by atoms with van der Waals surface area (Å²) in [4.78, 5) is 26.3. The van der Waals surface area contributed by atoms with Gasteiger partial charge in [-0.15, -0.1) is 10.2 Å². The van der Waals surface area contributed by atoms with Crippen molar-refractivity contribution < 1.29 is 4.79 Å². The van der Waals surface area contributed by atoms with Crippen molar-refractivity contribution in [2.24, 2.45) is 5.92 Å². The van der Waals surface area contributed by atoms with Gasteiger partial charge in [0.25, 0.3) is 0 Å². The average molecular weight is 329 g/mol. The number of H-pyrrole nitrogens is 1. The van der Waals surface area contributed by atoms with Gasteiger partial charge in [-0.25, -0.2) is 9.97 Å². The highest BCUT2D eigenvalue weighted by Crippen LogP contribution is 2.27. The SMILES string of the molecule is O=C(Nc1nncs1)[C@H]1CCCN(c2ncnc3[nH]ccc23)C1. The highest BCUT2D eigenvalue weighted by atomic mass is 32.1. The first kappa shape index (κ1) is 14.1. The lowest BCUT2D eigenvalue weighted by molar-refractivity contribution is -0.120. The molecule has 0 bridgehead atoms. The molecule has 1 aliphatic heterocycles. The molecular weight excluding hydrogens is 314 g/mol. The molecule has 2 N–H and O–H groups in total.